The summed E-state index contributed by atoms with van der Waals surface area (Å²) in [6.07, 6.45) is -7.73. The molecule has 2 rings (SSSR count). The van der Waals surface area contributed by atoms with E-state index in [-0.39, 0.29) is 5.95 Å². The zero-order valence-corrected chi connectivity index (χ0v) is 14.7. The van der Waals surface area contributed by atoms with Crippen LogP contribution in [0.25, 0.3) is 0 Å². The third-order valence-corrected chi connectivity index (χ3v) is 3.32. The normalized spacial score (nSPS) is 12.0. The Kier molecular flexibility index (Phi) is 6.92. The second kappa shape index (κ2) is 8.98. The third-order valence-electron chi connectivity index (χ3n) is 3.32. The Morgan fingerprint density at radius 2 is 1.75 bits per heavy atom. The first-order valence-electron chi connectivity index (χ1n) is 8.23. The van der Waals surface area contributed by atoms with Gasteiger partial charge in [0, 0.05) is 6.20 Å². The van der Waals surface area contributed by atoms with Crippen molar-refractivity contribution in [2.45, 2.75) is 32.1 Å². The van der Waals surface area contributed by atoms with E-state index in [0.717, 1.165) is 12.8 Å². The average molecular weight is 409 g/mol. The third kappa shape index (κ3) is 6.46. The summed E-state index contributed by atoms with van der Waals surface area (Å²) < 4.78 is 85.8. The molecule has 0 saturated carbocycles. The van der Waals surface area contributed by atoms with Crippen molar-refractivity contribution in [1.29, 1.82) is 0 Å². The van der Waals surface area contributed by atoms with Gasteiger partial charge in [-0.1, -0.05) is 25.5 Å². The molecule has 2 aromatic rings. The van der Waals surface area contributed by atoms with E-state index in [9.17, 15) is 26.3 Å². The van der Waals surface area contributed by atoms with Gasteiger partial charge in [-0.25, -0.2) is 4.98 Å². The number of ether oxygens (including phenoxy) is 2. The molecule has 154 valence electrons. The van der Waals surface area contributed by atoms with Gasteiger partial charge in [0.05, 0.1) is 12.3 Å². The van der Waals surface area contributed by atoms with Crippen molar-refractivity contribution < 1.29 is 35.8 Å². The van der Waals surface area contributed by atoms with Crippen molar-refractivity contribution in [3.05, 3.63) is 36.0 Å². The molecule has 0 spiro atoms. The van der Waals surface area contributed by atoms with Crippen LogP contribution in [-0.2, 0) is 6.18 Å². The van der Waals surface area contributed by atoms with E-state index < -0.39 is 30.4 Å². The molecular formula is C17H17F6N3O2. The molecule has 0 aliphatic carbocycles. The number of unbranched alkanes of at least 4 members (excludes halogenated alkanes) is 1. The molecule has 0 unspecified atom stereocenters. The first kappa shape index (κ1) is 21.6. The zero-order chi connectivity index (χ0) is 20.8. The molecule has 0 aliphatic heterocycles. The molecule has 0 atom stereocenters. The van der Waals surface area contributed by atoms with E-state index in [2.05, 4.69) is 20.0 Å². The molecule has 0 radical (unpaired) electrons. The molecule has 0 fully saturated rings. The van der Waals surface area contributed by atoms with Crippen LogP contribution in [0.15, 0.2) is 30.5 Å². The maximum Gasteiger partial charge on any atom is 0.423 e. The number of rotatable bonds is 8. The van der Waals surface area contributed by atoms with Crippen LogP contribution in [0.1, 0.15) is 25.3 Å². The monoisotopic (exact) mass is 409 g/mol. The number of alkyl halides is 6. The number of nitrogens with zero attached hydrogens (tertiary/aromatic N) is 2. The number of benzene rings is 1. The number of aromatic nitrogens is 2. The van der Waals surface area contributed by atoms with Crippen LogP contribution in [0.4, 0.5) is 38.0 Å². The van der Waals surface area contributed by atoms with Crippen LogP contribution in [0.3, 0.4) is 0 Å². The first-order chi connectivity index (χ1) is 13.1. The Hall–Kier alpha value is -2.72. The number of hydrogen-bond donors (Lipinski definition) is 1. The Labute approximate surface area is 156 Å². The fraction of sp³-hybridized carbons (Fsp3) is 0.412. The molecular weight excluding hydrogens is 392 g/mol. The average Bonchev–Trinajstić information content (AvgIpc) is 2.60. The second-order valence-corrected chi connectivity index (χ2v) is 5.64. The van der Waals surface area contributed by atoms with Gasteiger partial charge < -0.3 is 14.8 Å². The number of halogens is 6. The Morgan fingerprint density at radius 3 is 2.39 bits per heavy atom. The highest BCUT2D eigenvalue weighted by Crippen LogP contribution is 2.36. The van der Waals surface area contributed by atoms with Gasteiger partial charge in [-0.2, -0.15) is 31.3 Å². The Bertz CT molecular complexity index is 780. The quantitative estimate of drug-likeness (QED) is 0.470. The summed E-state index contributed by atoms with van der Waals surface area (Å²) in [5.74, 6) is -1.18. The zero-order valence-electron chi connectivity index (χ0n) is 14.7. The first-order valence-corrected chi connectivity index (χ1v) is 8.23. The maximum atomic E-state index is 13.0. The van der Waals surface area contributed by atoms with Crippen molar-refractivity contribution in [3.63, 3.8) is 0 Å². The van der Waals surface area contributed by atoms with Crippen LogP contribution >= 0.6 is 0 Å². The summed E-state index contributed by atoms with van der Waals surface area (Å²) in [4.78, 5) is 6.98. The minimum Gasteiger partial charge on any atom is -0.491 e. The Balaban J connectivity index is 2.27. The molecule has 0 aliphatic rings. The van der Waals surface area contributed by atoms with Crippen molar-refractivity contribution in [2.24, 2.45) is 0 Å². The summed E-state index contributed by atoms with van der Waals surface area (Å²) in [6, 6.07) is 6.53. The van der Waals surface area contributed by atoms with Gasteiger partial charge in [-0.3, -0.25) is 0 Å². The van der Waals surface area contributed by atoms with E-state index in [1.165, 1.54) is 0 Å². The molecule has 0 bridgehead atoms. The number of para-hydroxylation sites is 2. The lowest BCUT2D eigenvalue weighted by atomic mass is 10.3. The molecule has 11 heteroatoms. The lowest BCUT2D eigenvalue weighted by Crippen LogP contribution is -2.22. The molecule has 5 nitrogen and oxygen atoms in total. The van der Waals surface area contributed by atoms with Gasteiger partial charge >= 0.3 is 12.4 Å². The maximum absolute atomic E-state index is 13.0. The van der Waals surface area contributed by atoms with E-state index >= 15 is 0 Å². The fourth-order valence-corrected chi connectivity index (χ4v) is 2.02. The van der Waals surface area contributed by atoms with Crippen molar-refractivity contribution >= 4 is 11.6 Å². The summed E-state index contributed by atoms with van der Waals surface area (Å²) in [7, 11) is 0. The molecule has 1 aromatic heterocycles. The van der Waals surface area contributed by atoms with Crippen molar-refractivity contribution in [3.8, 4) is 11.6 Å². The smallest absolute Gasteiger partial charge is 0.423 e. The highest BCUT2D eigenvalue weighted by Gasteiger charge is 2.38. The minimum atomic E-state index is -4.97. The van der Waals surface area contributed by atoms with Crippen LogP contribution in [-0.4, -0.2) is 29.4 Å². The molecule has 1 heterocycles. The van der Waals surface area contributed by atoms with Gasteiger partial charge in [-0.05, 0) is 18.6 Å². The SMILES string of the molecule is CCCCOc1ccccc1Nc1ncc(C(F)(F)F)c(OCC(F)(F)F)n1. The van der Waals surface area contributed by atoms with Crippen LogP contribution < -0.4 is 14.8 Å². The van der Waals surface area contributed by atoms with E-state index in [1.54, 1.807) is 24.3 Å². The lowest BCUT2D eigenvalue weighted by Gasteiger charge is -2.16. The molecule has 1 aromatic carbocycles. The fourth-order valence-electron chi connectivity index (χ4n) is 2.02. The molecule has 0 saturated heterocycles. The highest BCUT2D eigenvalue weighted by molar-refractivity contribution is 5.62. The van der Waals surface area contributed by atoms with Gasteiger partial charge in [0.25, 0.3) is 0 Å². The van der Waals surface area contributed by atoms with E-state index in [0.29, 0.717) is 24.2 Å². The molecule has 0 amide bonds. The number of anilines is 2. The van der Waals surface area contributed by atoms with Gasteiger partial charge in [0.1, 0.15) is 11.3 Å². The predicted molar refractivity (Wildman–Crippen MR) is 88.7 cm³/mol. The largest absolute Gasteiger partial charge is 0.491 e. The second-order valence-electron chi connectivity index (χ2n) is 5.64. The van der Waals surface area contributed by atoms with Gasteiger partial charge in [0.2, 0.25) is 11.8 Å². The van der Waals surface area contributed by atoms with Gasteiger partial charge in [-0.15, -0.1) is 0 Å². The summed E-state index contributed by atoms with van der Waals surface area (Å²) in [5, 5.41) is 2.64. The van der Waals surface area contributed by atoms with Crippen molar-refractivity contribution in [2.75, 3.05) is 18.5 Å². The van der Waals surface area contributed by atoms with Crippen molar-refractivity contribution in [1.82, 2.24) is 9.97 Å². The van der Waals surface area contributed by atoms with Crippen LogP contribution in [0.2, 0.25) is 0 Å². The summed E-state index contributed by atoms with van der Waals surface area (Å²) in [5.41, 5.74) is -1.16. The lowest BCUT2D eigenvalue weighted by molar-refractivity contribution is -0.159. The number of hydrogen-bond acceptors (Lipinski definition) is 5. The highest BCUT2D eigenvalue weighted by atomic mass is 19.4. The van der Waals surface area contributed by atoms with Crippen LogP contribution in [0, 0.1) is 0 Å². The topological polar surface area (TPSA) is 56.3 Å². The van der Waals surface area contributed by atoms with E-state index in [1.807, 2.05) is 6.92 Å². The standard InChI is InChI=1S/C17H17F6N3O2/c1-2-3-8-27-13-7-5-4-6-12(13)25-15-24-9-11(17(21,22)23)14(26-15)28-10-16(18,19)20/h4-7,9H,2-3,8,10H2,1H3,(H,24,25,26). The molecule has 28 heavy (non-hydrogen) atoms. The summed E-state index contributed by atoms with van der Waals surface area (Å²) in [6.45, 7) is 0.484. The molecule has 1 N–H and O–H groups in total. The predicted octanol–water partition coefficient (Wildman–Crippen LogP) is 5.36. The summed E-state index contributed by atoms with van der Waals surface area (Å²) >= 11 is 0. The van der Waals surface area contributed by atoms with E-state index in [4.69, 9.17) is 4.74 Å². The minimum absolute atomic E-state index is 0.347. The Morgan fingerprint density at radius 1 is 1.04 bits per heavy atom. The number of nitrogens with one attached hydrogen (secondary N) is 1. The van der Waals surface area contributed by atoms with Crippen LogP contribution in [0.5, 0.6) is 11.6 Å². The van der Waals surface area contributed by atoms with Gasteiger partial charge in [0.15, 0.2) is 6.61 Å².